The van der Waals surface area contributed by atoms with Crippen LogP contribution in [0.3, 0.4) is 0 Å². The molecule has 0 saturated carbocycles. The molecule has 0 amide bonds. The minimum Gasteiger partial charge on any atom is -0.309 e. The first kappa shape index (κ1) is 12.5. The third-order valence-electron chi connectivity index (χ3n) is 2.84. The Hall–Kier alpha value is -0.590. The Bertz CT molecular complexity index is 219. The first-order valence-electron chi connectivity index (χ1n) is 5.97. The van der Waals surface area contributed by atoms with E-state index >= 15 is 0 Å². The number of nitriles is 1. The predicted octanol–water partition coefficient (Wildman–Crippen LogP) is 1.61. The Kier molecular flexibility index (Phi) is 5.07. The van der Waals surface area contributed by atoms with E-state index in [1.54, 1.807) is 0 Å². The molecule has 0 aliphatic carbocycles. The van der Waals surface area contributed by atoms with E-state index in [0.29, 0.717) is 24.4 Å². The molecule has 3 heteroatoms. The normalized spacial score (nSPS) is 28.7. The van der Waals surface area contributed by atoms with Crippen molar-refractivity contribution in [1.29, 1.82) is 5.26 Å². The van der Waals surface area contributed by atoms with E-state index < -0.39 is 0 Å². The van der Waals surface area contributed by atoms with Gasteiger partial charge in [-0.15, -0.1) is 0 Å². The van der Waals surface area contributed by atoms with Gasteiger partial charge in [-0.3, -0.25) is 0 Å². The Morgan fingerprint density at radius 2 is 2.27 bits per heavy atom. The number of nitrogens with zero attached hydrogens (tertiary/aromatic N) is 2. The lowest BCUT2D eigenvalue weighted by Crippen LogP contribution is -2.40. The van der Waals surface area contributed by atoms with Crippen LogP contribution in [0.1, 0.15) is 33.6 Å². The summed E-state index contributed by atoms with van der Waals surface area (Å²) in [4.78, 5) is 2.49. The lowest BCUT2D eigenvalue weighted by Gasteiger charge is -2.24. The molecule has 1 aliphatic heterocycles. The third kappa shape index (κ3) is 4.63. The van der Waals surface area contributed by atoms with Gasteiger partial charge in [0.1, 0.15) is 0 Å². The van der Waals surface area contributed by atoms with Gasteiger partial charge in [0.25, 0.3) is 0 Å². The molecule has 0 bridgehead atoms. The Morgan fingerprint density at radius 3 is 2.87 bits per heavy atom. The van der Waals surface area contributed by atoms with Gasteiger partial charge < -0.3 is 10.2 Å². The lowest BCUT2D eigenvalue weighted by molar-refractivity contribution is 0.240. The van der Waals surface area contributed by atoms with Gasteiger partial charge in [0.15, 0.2) is 0 Å². The van der Waals surface area contributed by atoms with Crippen molar-refractivity contribution in [3.8, 4) is 6.07 Å². The summed E-state index contributed by atoms with van der Waals surface area (Å²) in [6.07, 6.45) is 1.81. The fourth-order valence-electron chi connectivity index (χ4n) is 2.23. The van der Waals surface area contributed by atoms with Gasteiger partial charge in [0.05, 0.1) is 12.5 Å². The van der Waals surface area contributed by atoms with Crippen LogP contribution < -0.4 is 5.32 Å². The van der Waals surface area contributed by atoms with Gasteiger partial charge in [0, 0.05) is 25.2 Å². The molecule has 15 heavy (non-hydrogen) atoms. The zero-order valence-corrected chi connectivity index (χ0v) is 10.2. The maximum atomic E-state index is 8.76. The van der Waals surface area contributed by atoms with Crippen molar-refractivity contribution in [3.63, 3.8) is 0 Å². The Morgan fingerprint density at radius 1 is 1.53 bits per heavy atom. The van der Waals surface area contributed by atoms with Crippen LogP contribution in [0.2, 0.25) is 0 Å². The summed E-state index contributed by atoms with van der Waals surface area (Å²) in [5, 5.41) is 12.3. The first-order chi connectivity index (χ1) is 7.11. The van der Waals surface area contributed by atoms with Crippen LogP contribution in [-0.4, -0.2) is 36.6 Å². The summed E-state index contributed by atoms with van der Waals surface area (Å²) in [5.41, 5.74) is 0. The minimum atomic E-state index is 0.353. The fourth-order valence-corrected chi connectivity index (χ4v) is 2.23. The van der Waals surface area contributed by atoms with Crippen molar-refractivity contribution >= 4 is 0 Å². The average molecular weight is 209 g/mol. The number of hydrogen-bond donors (Lipinski definition) is 1. The van der Waals surface area contributed by atoms with E-state index in [9.17, 15) is 0 Å². The standard InChI is InChI=1S/C12H23N3/c1-10(2)8-15-7-5-11(3)14-12(9-15)4-6-13/h10-12,14H,4-5,7-9H2,1-3H3. The molecule has 0 aromatic heterocycles. The molecule has 2 atom stereocenters. The largest absolute Gasteiger partial charge is 0.309 e. The van der Waals surface area contributed by atoms with E-state index in [1.165, 1.54) is 6.42 Å². The molecule has 3 nitrogen and oxygen atoms in total. The average Bonchev–Trinajstić information content (AvgIpc) is 2.28. The van der Waals surface area contributed by atoms with E-state index in [4.69, 9.17) is 5.26 Å². The van der Waals surface area contributed by atoms with Crippen molar-refractivity contribution in [1.82, 2.24) is 10.2 Å². The quantitative estimate of drug-likeness (QED) is 0.767. The molecular formula is C12H23N3. The van der Waals surface area contributed by atoms with E-state index in [1.807, 2.05) is 0 Å². The second-order valence-corrected chi connectivity index (χ2v) is 5.07. The van der Waals surface area contributed by atoms with Crippen LogP contribution in [0.4, 0.5) is 0 Å². The van der Waals surface area contributed by atoms with Crippen LogP contribution in [0.25, 0.3) is 0 Å². The topological polar surface area (TPSA) is 39.1 Å². The SMILES string of the molecule is CC(C)CN1CCC(C)NC(CC#N)C1. The van der Waals surface area contributed by atoms with Crippen LogP contribution in [0, 0.1) is 17.2 Å². The molecule has 2 unspecified atom stereocenters. The lowest BCUT2D eigenvalue weighted by atomic mass is 10.1. The summed E-state index contributed by atoms with van der Waals surface area (Å²) in [7, 11) is 0. The highest BCUT2D eigenvalue weighted by atomic mass is 15.2. The molecule has 1 heterocycles. The first-order valence-corrected chi connectivity index (χ1v) is 5.97. The van der Waals surface area contributed by atoms with Crippen LogP contribution in [0.15, 0.2) is 0 Å². The van der Waals surface area contributed by atoms with Gasteiger partial charge in [0.2, 0.25) is 0 Å². The second kappa shape index (κ2) is 6.09. The molecule has 1 rings (SSSR count). The maximum absolute atomic E-state index is 8.76. The molecular weight excluding hydrogens is 186 g/mol. The molecule has 86 valence electrons. The summed E-state index contributed by atoms with van der Waals surface area (Å²) >= 11 is 0. The zero-order chi connectivity index (χ0) is 11.3. The summed E-state index contributed by atoms with van der Waals surface area (Å²) < 4.78 is 0. The highest BCUT2D eigenvalue weighted by Crippen LogP contribution is 2.09. The molecule has 0 aromatic carbocycles. The van der Waals surface area contributed by atoms with E-state index in [2.05, 4.69) is 37.1 Å². The highest BCUT2D eigenvalue weighted by Gasteiger charge is 2.21. The minimum absolute atomic E-state index is 0.353. The van der Waals surface area contributed by atoms with Crippen molar-refractivity contribution in [2.45, 2.75) is 45.7 Å². The van der Waals surface area contributed by atoms with Gasteiger partial charge in [-0.25, -0.2) is 0 Å². The second-order valence-electron chi connectivity index (χ2n) is 5.07. The molecule has 1 aliphatic rings. The summed E-state index contributed by atoms with van der Waals surface area (Å²) in [6.45, 7) is 10.0. The van der Waals surface area contributed by atoms with E-state index in [-0.39, 0.29) is 0 Å². The van der Waals surface area contributed by atoms with Gasteiger partial charge in [-0.2, -0.15) is 5.26 Å². The number of hydrogen-bond acceptors (Lipinski definition) is 3. The van der Waals surface area contributed by atoms with Crippen molar-refractivity contribution < 1.29 is 0 Å². The Balaban J connectivity index is 2.49. The van der Waals surface area contributed by atoms with Gasteiger partial charge in [-0.1, -0.05) is 13.8 Å². The summed E-state index contributed by atoms with van der Waals surface area (Å²) in [5.74, 6) is 0.709. The van der Waals surface area contributed by atoms with Crippen LogP contribution >= 0.6 is 0 Å². The fraction of sp³-hybridized carbons (Fsp3) is 0.917. The van der Waals surface area contributed by atoms with E-state index in [0.717, 1.165) is 19.6 Å². The molecule has 0 spiro atoms. The third-order valence-corrected chi connectivity index (χ3v) is 2.84. The zero-order valence-electron chi connectivity index (χ0n) is 10.2. The molecule has 1 N–H and O–H groups in total. The number of nitrogens with one attached hydrogen (secondary N) is 1. The molecule has 1 saturated heterocycles. The van der Waals surface area contributed by atoms with Crippen LogP contribution in [-0.2, 0) is 0 Å². The number of rotatable bonds is 3. The maximum Gasteiger partial charge on any atom is 0.0638 e. The smallest absolute Gasteiger partial charge is 0.0638 e. The predicted molar refractivity (Wildman–Crippen MR) is 62.5 cm³/mol. The molecule has 1 fully saturated rings. The molecule has 0 radical (unpaired) electrons. The molecule has 0 aromatic rings. The van der Waals surface area contributed by atoms with Crippen LogP contribution in [0.5, 0.6) is 0 Å². The van der Waals surface area contributed by atoms with Gasteiger partial charge in [-0.05, 0) is 25.8 Å². The summed E-state index contributed by atoms with van der Waals surface area (Å²) in [6, 6.07) is 3.17. The van der Waals surface area contributed by atoms with Crippen molar-refractivity contribution in [2.75, 3.05) is 19.6 Å². The van der Waals surface area contributed by atoms with Crippen molar-refractivity contribution in [2.24, 2.45) is 5.92 Å². The Labute approximate surface area is 93.5 Å². The van der Waals surface area contributed by atoms with Crippen molar-refractivity contribution in [3.05, 3.63) is 0 Å². The highest BCUT2D eigenvalue weighted by molar-refractivity contribution is 4.87. The monoisotopic (exact) mass is 209 g/mol. The van der Waals surface area contributed by atoms with Gasteiger partial charge >= 0.3 is 0 Å².